The quantitative estimate of drug-likeness (QED) is 0.459. The summed E-state index contributed by atoms with van der Waals surface area (Å²) in [4.78, 5) is 12.4. The first-order valence-electron chi connectivity index (χ1n) is 7.71. The first-order valence-corrected chi connectivity index (χ1v) is 9.95. The summed E-state index contributed by atoms with van der Waals surface area (Å²) < 4.78 is 31.6. The van der Waals surface area contributed by atoms with Crippen molar-refractivity contribution in [2.24, 2.45) is 0 Å². The van der Waals surface area contributed by atoms with E-state index in [1.807, 2.05) is 24.3 Å². The molecule has 0 saturated carbocycles. The molecular formula is C19H16BrNO4S. The molecule has 0 aliphatic heterocycles. The average Bonchev–Trinajstić information content (AvgIpc) is 2.61. The molecule has 0 heterocycles. The van der Waals surface area contributed by atoms with Crippen LogP contribution < -0.4 is 4.74 Å². The Hall–Kier alpha value is -2.22. The van der Waals surface area contributed by atoms with E-state index < -0.39 is 16.0 Å². The molecule has 3 rings (SSSR count). The van der Waals surface area contributed by atoms with Crippen LogP contribution in [0.5, 0.6) is 5.75 Å². The van der Waals surface area contributed by atoms with Gasteiger partial charge in [0.15, 0.2) is 0 Å². The van der Waals surface area contributed by atoms with Gasteiger partial charge >= 0.3 is 5.97 Å². The highest BCUT2D eigenvalue weighted by molar-refractivity contribution is 9.10. The van der Waals surface area contributed by atoms with E-state index in [4.69, 9.17) is 4.74 Å². The van der Waals surface area contributed by atoms with Crippen molar-refractivity contribution >= 4 is 42.7 Å². The normalized spacial score (nSPS) is 11.7. The lowest BCUT2D eigenvalue weighted by atomic mass is 10.1. The van der Waals surface area contributed by atoms with Gasteiger partial charge in [-0.05, 0) is 59.3 Å². The highest BCUT2D eigenvalue weighted by Crippen LogP contribution is 2.25. The first kappa shape index (κ1) is 18.6. The lowest BCUT2D eigenvalue weighted by Gasteiger charge is -2.11. The summed E-state index contributed by atoms with van der Waals surface area (Å²) in [5, 5.41) is 1.98. The number of hydrogen-bond acceptors (Lipinski definition) is 4. The molecule has 5 nitrogen and oxygen atoms in total. The fourth-order valence-electron chi connectivity index (χ4n) is 2.40. The summed E-state index contributed by atoms with van der Waals surface area (Å²) in [6.07, 6.45) is 0. The Morgan fingerprint density at radius 1 is 0.923 bits per heavy atom. The maximum atomic E-state index is 12.3. The van der Waals surface area contributed by atoms with Crippen LogP contribution in [0.1, 0.15) is 10.4 Å². The average molecular weight is 434 g/mol. The smallest absolute Gasteiger partial charge is 0.343 e. The largest absolute Gasteiger partial charge is 0.423 e. The Kier molecular flexibility index (Phi) is 5.13. The minimum Gasteiger partial charge on any atom is -0.423 e. The second-order valence-corrected chi connectivity index (χ2v) is 8.92. The van der Waals surface area contributed by atoms with Crippen LogP contribution in [0.4, 0.5) is 0 Å². The van der Waals surface area contributed by atoms with Crippen LogP contribution in [0.3, 0.4) is 0 Å². The van der Waals surface area contributed by atoms with Crippen LogP contribution >= 0.6 is 15.9 Å². The molecule has 0 aliphatic carbocycles. The van der Waals surface area contributed by atoms with E-state index in [2.05, 4.69) is 15.9 Å². The van der Waals surface area contributed by atoms with Gasteiger partial charge in [-0.25, -0.2) is 17.5 Å². The van der Waals surface area contributed by atoms with Crippen LogP contribution in [0, 0.1) is 0 Å². The van der Waals surface area contributed by atoms with Crippen molar-refractivity contribution < 1.29 is 17.9 Å². The van der Waals surface area contributed by atoms with E-state index in [9.17, 15) is 13.2 Å². The van der Waals surface area contributed by atoms with Gasteiger partial charge in [0.1, 0.15) is 5.75 Å². The van der Waals surface area contributed by atoms with Crippen molar-refractivity contribution in [3.05, 3.63) is 70.7 Å². The molecule has 0 amide bonds. The number of carbonyl (C=O) groups excluding carboxylic acids is 1. The molecule has 0 saturated heterocycles. The van der Waals surface area contributed by atoms with E-state index in [1.165, 1.54) is 38.4 Å². The monoisotopic (exact) mass is 433 g/mol. The molecule has 0 N–H and O–H groups in total. The molecule has 26 heavy (non-hydrogen) atoms. The fourth-order valence-corrected chi connectivity index (χ4v) is 3.68. The molecule has 134 valence electrons. The Bertz CT molecular complexity index is 1080. The summed E-state index contributed by atoms with van der Waals surface area (Å²) in [5.41, 5.74) is 0.276. The number of carbonyl (C=O) groups is 1. The maximum Gasteiger partial charge on any atom is 0.343 e. The number of fused-ring (bicyclic) bond motifs is 1. The standard InChI is InChI=1S/C19H16BrNO4S/c1-21(2)26(23,24)18-9-5-13(6-10-18)19(22)25-17-8-4-14-11-16(20)7-3-15(14)12-17/h3-12H,1-2H3. The van der Waals surface area contributed by atoms with Crippen LogP contribution in [0.2, 0.25) is 0 Å². The third-order valence-electron chi connectivity index (χ3n) is 3.85. The molecular weight excluding hydrogens is 418 g/mol. The summed E-state index contributed by atoms with van der Waals surface area (Å²) >= 11 is 3.42. The summed E-state index contributed by atoms with van der Waals surface area (Å²) in [6.45, 7) is 0. The molecule has 0 spiro atoms. The molecule has 3 aromatic carbocycles. The van der Waals surface area contributed by atoms with E-state index in [0.29, 0.717) is 5.75 Å². The summed E-state index contributed by atoms with van der Waals surface area (Å²) in [5.74, 6) is -0.120. The number of ether oxygens (including phenoxy) is 1. The number of halogens is 1. The number of hydrogen-bond donors (Lipinski definition) is 0. The zero-order valence-electron chi connectivity index (χ0n) is 14.1. The topological polar surface area (TPSA) is 63.7 Å². The van der Waals surface area contributed by atoms with Gasteiger partial charge in [0.05, 0.1) is 10.5 Å². The zero-order valence-corrected chi connectivity index (χ0v) is 16.5. The van der Waals surface area contributed by atoms with E-state index in [-0.39, 0.29) is 10.5 Å². The minimum absolute atomic E-state index is 0.121. The highest BCUT2D eigenvalue weighted by Gasteiger charge is 2.18. The molecule has 0 bridgehead atoms. The lowest BCUT2D eigenvalue weighted by molar-refractivity contribution is 0.0735. The number of benzene rings is 3. The Morgan fingerprint density at radius 2 is 1.54 bits per heavy atom. The number of sulfonamides is 1. The predicted octanol–water partition coefficient (Wildman–Crippen LogP) is 4.07. The molecule has 0 unspecified atom stereocenters. The van der Waals surface area contributed by atoms with E-state index >= 15 is 0 Å². The van der Waals surface area contributed by atoms with Crippen molar-refractivity contribution in [1.82, 2.24) is 4.31 Å². The van der Waals surface area contributed by atoms with Gasteiger partial charge in [0.25, 0.3) is 0 Å². The van der Waals surface area contributed by atoms with Crippen molar-refractivity contribution in [2.45, 2.75) is 4.90 Å². The SMILES string of the molecule is CN(C)S(=O)(=O)c1ccc(C(=O)Oc2ccc3cc(Br)ccc3c2)cc1. The third kappa shape index (κ3) is 3.80. The summed E-state index contributed by atoms with van der Waals surface area (Å²) in [6, 6.07) is 16.9. The van der Waals surface area contributed by atoms with E-state index in [1.54, 1.807) is 12.1 Å². The van der Waals surface area contributed by atoms with E-state index in [0.717, 1.165) is 19.6 Å². The number of rotatable bonds is 4. The molecule has 0 radical (unpaired) electrons. The Labute approximate surface area is 160 Å². The number of esters is 1. The number of nitrogens with zero attached hydrogens (tertiary/aromatic N) is 1. The van der Waals surface area contributed by atoms with Crippen molar-refractivity contribution in [3.8, 4) is 5.75 Å². The molecule has 7 heteroatoms. The third-order valence-corrected chi connectivity index (χ3v) is 6.18. The van der Waals surface area contributed by atoms with Gasteiger partial charge in [0, 0.05) is 18.6 Å². The van der Waals surface area contributed by atoms with Gasteiger partial charge in [-0.15, -0.1) is 0 Å². The van der Waals surface area contributed by atoms with Gasteiger partial charge in [-0.2, -0.15) is 0 Å². The molecule has 0 fully saturated rings. The minimum atomic E-state index is -3.53. The maximum absolute atomic E-state index is 12.3. The Balaban J connectivity index is 1.81. The highest BCUT2D eigenvalue weighted by atomic mass is 79.9. The first-order chi connectivity index (χ1) is 12.3. The molecule has 0 aromatic heterocycles. The molecule has 0 atom stereocenters. The van der Waals surface area contributed by atoms with Crippen LogP contribution in [-0.2, 0) is 10.0 Å². The zero-order chi connectivity index (χ0) is 18.9. The van der Waals surface area contributed by atoms with Gasteiger partial charge in [-0.1, -0.05) is 28.1 Å². The van der Waals surface area contributed by atoms with Gasteiger partial charge in [0.2, 0.25) is 10.0 Å². The van der Waals surface area contributed by atoms with Crippen molar-refractivity contribution in [3.63, 3.8) is 0 Å². The summed E-state index contributed by atoms with van der Waals surface area (Å²) in [7, 11) is -0.620. The van der Waals surface area contributed by atoms with Crippen LogP contribution in [0.15, 0.2) is 70.0 Å². The van der Waals surface area contributed by atoms with Crippen LogP contribution in [0.25, 0.3) is 10.8 Å². The van der Waals surface area contributed by atoms with Crippen molar-refractivity contribution in [1.29, 1.82) is 0 Å². The van der Waals surface area contributed by atoms with Crippen molar-refractivity contribution in [2.75, 3.05) is 14.1 Å². The lowest BCUT2D eigenvalue weighted by Crippen LogP contribution is -2.22. The predicted molar refractivity (Wildman–Crippen MR) is 104 cm³/mol. The van der Waals surface area contributed by atoms with Crippen LogP contribution in [-0.4, -0.2) is 32.8 Å². The second kappa shape index (κ2) is 7.19. The second-order valence-electron chi connectivity index (χ2n) is 5.85. The molecule has 0 aliphatic rings. The fraction of sp³-hybridized carbons (Fsp3) is 0.105. The van der Waals surface area contributed by atoms with Gasteiger partial charge in [-0.3, -0.25) is 0 Å². The Morgan fingerprint density at radius 3 is 2.19 bits per heavy atom. The molecule has 3 aromatic rings. The van der Waals surface area contributed by atoms with Gasteiger partial charge < -0.3 is 4.74 Å².